The zero-order valence-corrected chi connectivity index (χ0v) is 12.4. The Morgan fingerprint density at radius 2 is 2.23 bits per heavy atom. The summed E-state index contributed by atoms with van der Waals surface area (Å²) >= 11 is 0. The molecule has 0 bridgehead atoms. The minimum atomic E-state index is -0.325. The predicted octanol–water partition coefficient (Wildman–Crippen LogP) is 1.33. The van der Waals surface area contributed by atoms with Gasteiger partial charge < -0.3 is 19.8 Å². The fourth-order valence-corrected chi connectivity index (χ4v) is 2.42. The van der Waals surface area contributed by atoms with Crippen molar-refractivity contribution in [2.75, 3.05) is 13.2 Å². The number of aromatic nitrogens is 1. The lowest BCUT2D eigenvalue weighted by molar-refractivity contribution is -0.129. The Labute approximate surface area is 128 Å². The molecule has 1 amide bonds. The maximum absolute atomic E-state index is 12.1. The summed E-state index contributed by atoms with van der Waals surface area (Å²) in [6.07, 6.45) is 1.43. The molecule has 0 saturated carbocycles. The number of carbonyl (C=O) groups is 1. The summed E-state index contributed by atoms with van der Waals surface area (Å²) in [5.74, 6) is 0.466. The van der Waals surface area contributed by atoms with Crippen LogP contribution in [0.1, 0.15) is 12.6 Å². The van der Waals surface area contributed by atoms with Crippen LogP contribution in [0.25, 0.3) is 11.5 Å². The predicted molar refractivity (Wildman–Crippen MR) is 81.0 cm³/mol. The van der Waals surface area contributed by atoms with Crippen LogP contribution in [0.2, 0.25) is 0 Å². The highest BCUT2D eigenvalue weighted by molar-refractivity contribution is 5.82. The molecule has 2 heterocycles. The standard InChI is InChI=1S/C16H19N3O3/c1-11-14(17-7-8-21-11)15(20)18-9-13-10-22-16(19-13)12-5-3-2-4-6-12/h2-6,10-11,14,17H,7-9H2,1H3,(H,18,20)/t11-,14+/m1/s1. The van der Waals surface area contributed by atoms with Gasteiger partial charge in [0.15, 0.2) is 0 Å². The molecule has 6 heteroatoms. The van der Waals surface area contributed by atoms with Gasteiger partial charge >= 0.3 is 0 Å². The normalized spacial score (nSPS) is 21.5. The van der Waals surface area contributed by atoms with Crippen LogP contribution in [-0.4, -0.2) is 36.2 Å². The maximum atomic E-state index is 12.1. The number of ether oxygens (including phenoxy) is 1. The van der Waals surface area contributed by atoms with Gasteiger partial charge in [-0.25, -0.2) is 4.98 Å². The van der Waals surface area contributed by atoms with Crippen LogP contribution < -0.4 is 10.6 Å². The number of carbonyl (C=O) groups excluding carboxylic acids is 1. The monoisotopic (exact) mass is 301 g/mol. The Morgan fingerprint density at radius 3 is 3.00 bits per heavy atom. The first-order valence-electron chi connectivity index (χ1n) is 7.36. The third kappa shape index (κ3) is 3.35. The zero-order chi connectivity index (χ0) is 15.4. The molecule has 0 aliphatic carbocycles. The van der Waals surface area contributed by atoms with Crippen LogP contribution in [-0.2, 0) is 16.1 Å². The second-order valence-electron chi connectivity index (χ2n) is 5.24. The lowest BCUT2D eigenvalue weighted by atomic mass is 10.1. The van der Waals surface area contributed by atoms with E-state index in [1.807, 2.05) is 37.3 Å². The van der Waals surface area contributed by atoms with E-state index in [1.54, 1.807) is 6.26 Å². The molecule has 1 aromatic heterocycles. The Balaban J connectivity index is 1.58. The first-order chi connectivity index (χ1) is 10.7. The first kappa shape index (κ1) is 14.7. The topological polar surface area (TPSA) is 76.4 Å². The summed E-state index contributed by atoms with van der Waals surface area (Å²) < 4.78 is 10.9. The molecule has 2 aromatic rings. The fraction of sp³-hybridized carbons (Fsp3) is 0.375. The molecule has 2 atom stereocenters. The Morgan fingerprint density at radius 1 is 1.41 bits per heavy atom. The summed E-state index contributed by atoms with van der Waals surface area (Å²) in [5.41, 5.74) is 1.60. The van der Waals surface area contributed by atoms with Crippen LogP contribution in [0.4, 0.5) is 0 Å². The molecule has 22 heavy (non-hydrogen) atoms. The molecule has 3 rings (SSSR count). The highest BCUT2D eigenvalue weighted by Crippen LogP contribution is 2.17. The van der Waals surface area contributed by atoms with Gasteiger partial charge in [0.2, 0.25) is 11.8 Å². The number of nitrogens with one attached hydrogen (secondary N) is 2. The third-order valence-corrected chi connectivity index (χ3v) is 3.62. The summed E-state index contributed by atoms with van der Waals surface area (Å²) in [7, 11) is 0. The second kappa shape index (κ2) is 6.72. The SMILES string of the molecule is C[C@H]1OCCN[C@@H]1C(=O)NCc1coc(-c2ccccc2)n1. The van der Waals surface area contributed by atoms with E-state index in [9.17, 15) is 4.79 Å². The molecular weight excluding hydrogens is 282 g/mol. The van der Waals surface area contributed by atoms with E-state index in [4.69, 9.17) is 9.15 Å². The van der Waals surface area contributed by atoms with Crippen molar-refractivity contribution in [1.29, 1.82) is 0 Å². The van der Waals surface area contributed by atoms with Crippen molar-refractivity contribution in [1.82, 2.24) is 15.6 Å². The average molecular weight is 301 g/mol. The van der Waals surface area contributed by atoms with Crippen molar-refractivity contribution in [3.63, 3.8) is 0 Å². The average Bonchev–Trinajstić information content (AvgIpc) is 3.03. The number of morpholine rings is 1. The minimum Gasteiger partial charge on any atom is -0.444 e. The summed E-state index contributed by atoms with van der Waals surface area (Å²) in [4.78, 5) is 16.5. The number of hydrogen-bond donors (Lipinski definition) is 2. The smallest absolute Gasteiger partial charge is 0.240 e. The van der Waals surface area contributed by atoms with E-state index in [0.717, 1.165) is 5.56 Å². The van der Waals surface area contributed by atoms with Crippen molar-refractivity contribution in [2.45, 2.75) is 25.6 Å². The van der Waals surface area contributed by atoms with Gasteiger partial charge in [-0.3, -0.25) is 4.79 Å². The van der Waals surface area contributed by atoms with Gasteiger partial charge in [-0.15, -0.1) is 0 Å². The van der Waals surface area contributed by atoms with Gasteiger partial charge in [-0.1, -0.05) is 18.2 Å². The number of rotatable bonds is 4. The molecular formula is C16H19N3O3. The van der Waals surface area contributed by atoms with Crippen molar-refractivity contribution in [2.24, 2.45) is 0 Å². The van der Waals surface area contributed by atoms with Gasteiger partial charge in [0.1, 0.15) is 12.3 Å². The largest absolute Gasteiger partial charge is 0.444 e. The number of hydrogen-bond acceptors (Lipinski definition) is 5. The number of oxazole rings is 1. The highest BCUT2D eigenvalue weighted by atomic mass is 16.5. The van der Waals surface area contributed by atoms with Gasteiger partial charge in [0, 0.05) is 12.1 Å². The molecule has 116 valence electrons. The number of amides is 1. The van der Waals surface area contributed by atoms with E-state index in [1.165, 1.54) is 0 Å². The molecule has 2 N–H and O–H groups in total. The quantitative estimate of drug-likeness (QED) is 0.891. The summed E-state index contributed by atoms with van der Waals surface area (Å²) in [5, 5.41) is 6.02. The van der Waals surface area contributed by atoms with Crippen molar-refractivity contribution in [3.05, 3.63) is 42.3 Å². The van der Waals surface area contributed by atoms with E-state index in [-0.39, 0.29) is 18.1 Å². The van der Waals surface area contributed by atoms with E-state index in [0.29, 0.717) is 31.3 Å². The minimum absolute atomic E-state index is 0.0866. The first-order valence-corrected chi connectivity index (χ1v) is 7.36. The summed E-state index contributed by atoms with van der Waals surface area (Å²) in [6, 6.07) is 9.33. The highest BCUT2D eigenvalue weighted by Gasteiger charge is 2.28. The van der Waals surface area contributed by atoms with Crippen LogP contribution in [0, 0.1) is 0 Å². The number of nitrogens with zero attached hydrogens (tertiary/aromatic N) is 1. The molecule has 0 spiro atoms. The molecule has 0 radical (unpaired) electrons. The van der Waals surface area contributed by atoms with Gasteiger partial charge in [-0.2, -0.15) is 0 Å². The molecule has 1 aromatic carbocycles. The van der Waals surface area contributed by atoms with Crippen LogP contribution in [0.15, 0.2) is 41.0 Å². The lowest BCUT2D eigenvalue weighted by Crippen LogP contribution is -2.55. The molecule has 1 saturated heterocycles. The van der Waals surface area contributed by atoms with E-state index < -0.39 is 0 Å². The zero-order valence-electron chi connectivity index (χ0n) is 12.4. The van der Waals surface area contributed by atoms with Crippen molar-refractivity contribution >= 4 is 5.91 Å². The third-order valence-electron chi connectivity index (χ3n) is 3.62. The molecule has 1 fully saturated rings. The summed E-state index contributed by atoms with van der Waals surface area (Å²) in [6.45, 7) is 3.54. The molecule has 6 nitrogen and oxygen atoms in total. The Hall–Kier alpha value is -2.18. The lowest BCUT2D eigenvalue weighted by Gasteiger charge is -2.29. The van der Waals surface area contributed by atoms with Crippen LogP contribution in [0.5, 0.6) is 0 Å². The fourth-order valence-electron chi connectivity index (χ4n) is 2.42. The van der Waals surface area contributed by atoms with Gasteiger partial charge in [-0.05, 0) is 19.1 Å². The molecule has 0 unspecified atom stereocenters. The van der Waals surface area contributed by atoms with Gasteiger partial charge in [0.05, 0.1) is 24.9 Å². The second-order valence-corrected chi connectivity index (χ2v) is 5.24. The van der Waals surface area contributed by atoms with Crippen LogP contribution >= 0.6 is 0 Å². The number of benzene rings is 1. The van der Waals surface area contributed by atoms with E-state index >= 15 is 0 Å². The Bertz CT molecular complexity index is 627. The Kier molecular flexibility index (Phi) is 4.50. The van der Waals surface area contributed by atoms with Gasteiger partial charge in [0.25, 0.3) is 0 Å². The molecule has 1 aliphatic rings. The molecule has 1 aliphatic heterocycles. The van der Waals surface area contributed by atoms with Crippen molar-refractivity contribution < 1.29 is 13.9 Å². The van der Waals surface area contributed by atoms with Crippen molar-refractivity contribution in [3.8, 4) is 11.5 Å². The van der Waals surface area contributed by atoms with E-state index in [2.05, 4.69) is 15.6 Å². The maximum Gasteiger partial charge on any atom is 0.240 e. The van der Waals surface area contributed by atoms with Crippen LogP contribution in [0.3, 0.4) is 0 Å².